The highest BCUT2D eigenvalue weighted by molar-refractivity contribution is 5.74. The van der Waals surface area contributed by atoms with E-state index in [2.05, 4.69) is 15.5 Å². The molecule has 0 bridgehead atoms. The Morgan fingerprint density at radius 3 is 3.30 bits per heavy atom. The molecule has 2 heterocycles. The van der Waals surface area contributed by atoms with Crippen molar-refractivity contribution in [2.45, 2.75) is 0 Å². The van der Waals surface area contributed by atoms with Gasteiger partial charge >= 0.3 is 0 Å². The van der Waals surface area contributed by atoms with Crippen LogP contribution in [0, 0.1) is 0 Å². The Hall–Kier alpha value is -1.65. The smallest absolute Gasteiger partial charge is 0.253 e. The quantitative estimate of drug-likeness (QED) is 0.574. The molecule has 2 rings (SSSR count). The summed E-state index contributed by atoms with van der Waals surface area (Å²) in [7, 11) is 0. The molecular formula is C5H3N4O. The number of hydrogen-bond acceptors (Lipinski definition) is 3. The Morgan fingerprint density at radius 1 is 1.60 bits per heavy atom. The van der Waals surface area contributed by atoms with Crippen LogP contribution in [0.2, 0.25) is 0 Å². The topological polar surface area (TPSA) is 63.0 Å². The second-order valence-electron chi connectivity index (χ2n) is 1.82. The van der Waals surface area contributed by atoms with Gasteiger partial charge in [0, 0.05) is 0 Å². The second kappa shape index (κ2) is 1.66. The summed E-state index contributed by atoms with van der Waals surface area (Å²) in [6.07, 6.45) is 1.73. The van der Waals surface area contributed by atoms with Gasteiger partial charge in [-0.2, -0.15) is 4.52 Å². The lowest BCUT2D eigenvalue weighted by Crippen LogP contribution is -1.90. The highest BCUT2D eigenvalue weighted by Crippen LogP contribution is 2.00. The molecule has 0 aliphatic rings. The van der Waals surface area contributed by atoms with Gasteiger partial charge < -0.3 is 0 Å². The fourth-order valence-electron chi connectivity index (χ4n) is 0.805. The van der Waals surface area contributed by atoms with Crippen molar-refractivity contribution in [3.05, 3.63) is 17.8 Å². The van der Waals surface area contributed by atoms with Gasteiger partial charge in [0.15, 0.2) is 5.65 Å². The van der Waals surface area contributed by atoms with Gasteiger partial charge in [-0.15, -0.1) is 0 Å². The Kier molecular flexibility index (Phi) is 0.858. The summed E-state index contributed by atoms with van der Waals surface area (Å²) in [5.41, 5.74) is 1.07. The lowest BCUT2D eigenvalue weighted by atomic mass is 10.5. The van der Waals surface area contributed by atoms with Crippen LogP contribution in [-0.2, 0) is 4.79 Å². The second-order valence-corrected chi connectivity index (χ2v) is 1.82. The third-order valence-corrected chi connectivity index (χ3v) is 1.26. The number of nitrogens with one attached hydrogen (secondary N) is 1. The van der Waals surface area contributed by atoms with E-state index in [0.717, 1.165) is 0 Å². The molecule has 2 aromatic heterocycles. The van der Waals surface area contributed by atoms with Gasteiger partial charge in [0.05, 0.1) is 0 Å². The van der Waals surface area contributed by atoms with E-state index in [1.807, 2.05) is 0 Å². The summed E-state index contributed by atoms with van der Waals surface area (Å²) >= 11 is 0. The van der Waals surface area contributed by atoms with Gasteiger partial charge in [-0.05, 0) is 22.6 Å². The summed E-state index contributed by atoms with van der Waals surface area (Å²) in [6, 6.07) is 3.33. The summed E-state index contributed by atoms with van der Waals surface area (Å²) in [6.45, 7) is 0. The average Bonchev–Trinajstić information content (AvgIpc) is 2.44. The highest BCUT2D eigenvalue weighted by atomic mass is 16.1. The third kappa shape index (κ3) is 0.485. The van der Waals surface area contributed by atoms with E-state index in [0.29, 0.717) is 11.3 Å². The van der Waals surface area contributed by atoms with Crippen LogP contribution in [-0.4, -0.2) is 26.3 Å². The number of tetrazole rings is 1. The molecule has 0 spiro atoms. The summed E-state index contributed by atoms with van der Waals surface area (Å²) in [5.74, 6) is 0. The maximum Gasteiger partial charge on any atom is 0.253 e. The molecule has 0 unspecified atom stereocenters. The fourth-order valence-corrected chi connectivity index (χ4v) is 0.805. The standard InChI is InChI=1S/C5H3N4O/c10-3-4-1-2-5-6-7-8-9(4)5/h1-2H,(H,6,8). The van der Waals surface area contributed by atoms with Gasteiger partial charge in [-0.3, -0.25) is 4.79 Å². The minimum Gasteiger partial charge on any atom is -0.283 e. The first-order chi connectivity index (χ1) is 4.92. The Balaban J connectivity index is 2.88. The summed E-state index contributed by atoms with van der Waals surface area (Å²) < 4.78 is 1.38. The largest absolute Gasteiger partial charge is 0.283 e. The maximum atomic E-state index is 10.2. The van der Waals surface area contributed by atoms with E-state index in [1.165, 1.54) is 4.52 Å². The van der Waals surface area contributed by atoms with Crippen LogP contribution in [0.5, 0.6) is 0 Å². The molecule has 0 atom stereocenters. The Labute approximate surface area is 55.6 Å². The van der Waals surface area contributed by atoms with E-state index in [9.17, 15) is 4.79 Å². The normalized spacial score (nSPS) is 10.4. The van der Waals surface area contributed by atoms with Crippen molar-refractivity contribution in [3.8, 4) is 0 Å². The van der Waals surface area contributed by atoms with Crippen LogP contribution >= 0.6 is 0 Å². The van der Waals surface area contributed by atoms with E-state index < -0.39 is 0 Å². The molecule has 0 amide bonds. The molecule has 1 radical (unpaired) electrons. The predicted octanol–water partition coefficient (Wildman–Crippen LogP) is -0.485. The molecular weight excluding hydrogens is 132 g/mol. The number of aromatic nitrogens is 4. The Morgan fingerprint density at radius 2 is 2.50 bits per heavy atom. The molecule has 0 saturated carbocycles. The lowest BCUT2D eigenvalue weighted by molar-refractivity contribution is 0.560. The van der Waals surface area contributed by atoms with Crippen molar-refractivity contribution in [1.82, 2.24) is 20.0 Å². The molecule has 5 nitrogen and oxygen atoms in total. The van der Waals surface area contributed by atoms with Gasteiger partial charge in [-0.25, -0.2) is 5.10 Å². The number of aromatic amines is 1. The number of carbonyl (C=O) groups excluding carboxylic acids is 1. The number of hydrogen-bond donors (Lipinski definition) is 1. The van der Waals surface area contributed by atoms with Crippen molar-refractivity contribution in [2.24, 2.45) is 0 Å². The molecule has 0 saturated heterocycles. The first-order valence-corrected chi connectivity index (χ1v) is 2.69. The van der Waals surface area contributed by atoms with Gasteiger partial charge in [0.1, 0.15) is 5.69 Å². The number of rotatable bonds is 1. The maximum absolute atomic E-state index is 10.2. The van der Waals surface area contributed by atoms with Crippen LogP contribution in [0.4, 0.5) is 0 Å². The van der Waals surface area contributed by atoms with Crippen molar-refractivity contribution in [2.75, 3.05) is 0 Å². The van der Waals surface area contributed by atoms with E-state index in [1.54, 1.807) is 18.4 Å². The molecule has 10 heavy (non-hydrogen) atoms. The van der Waals surface area contributed by atoms with Crippen LogP contribution in [0.1, 0.15) is 5.69 Å². The Bertz CT molecular complexity index is 360. The highest BCUT2D eigenvalue weighted by Gasteiger charge is 2.01. The van der Waals surface area contributed by atoms with E-state index in [4.69, 9.17) is 0 Å². The molecule has 0 fully saturated rings. The summed E-state index contributed by atoms with van der Waals surface area (Å²) in [5, 5.41) is 9.67. The molecule has 49 valence electrons. The SMILES string of the molecule is O=[C]c1ccc2[nH]nnn12. The molecule has 5 heteroatoms. The zero-order valence-electron chi connectivity index (χ0n) is 4.90. The zero-order valence-corrected chi connectivity index (χ0v) is 4.90. The van der Waals surface area contributed by atoms with Crippen molar-refractivity contribution in [1.29, 1.82) is 0 Å². The zero-order chi connectivity index (χ0) is 6.97. The van der Waals surface area contributed by atoms with Gasteiger partial charge in [0.25, 0.3) is 6.29 Å². The predicted molar refractivity (Wildman–Crippen MR) is 32.1 cm³/mol. The minimum atomic E-state index is 0.378. The van der Waals surface area contributed by atoms with Crippen LogP contribution in [0.3, 0.4) is 0 Å². The van der Waals surface area contributed by atoms with E-state index in [-0.39, 0.29) is 0 Å². The number of nitrogens with zero attached hydrogens (tertiary/aromatic N) is 3. The third-order valence-electron chi connectivity index (χ3n) is 1.26. The van der Waals surface area contributed by atoms with Crippen molar-refractivity contribution < 1.29 is 4.79 Å². The molecule has 2 aromatic rings. The van der Waals surface area contributed by atoms with Crippen LogP contribution in [0.15, 0.2) is 12.1 Å². The van der Waals surface area contributed by atoms with Crippen molar-refractivity contribution >= 4 is 11.9 Å². The monoisotopic (exact) mass is 135 g/mol. The fraction of sp³-hybridized carbons (Fsp3) is 0. The van der Waals surface area contributed by atoms with Gasteiger partial charge in [0.2, 0.25) is 0 Å². The minimum absolute atomic E-state index is 0.378. The summed E-state index contributed by atoms with van der Waals surface area (Å²) in [4.78, 5) is 10.2. The number of fused-ring (bicyclic) bond motifs is 1. The van der Waals surface area contributed by atoms with Crippen molar-refractivity contribution in [3.63, 3.8) is 0 Å². The molecule has 0 aromatic carbocycles. The first kappa shape index (κ1) is 5.16. The van der Waals surface area contributed by atoms with Gasteiger partial charge in [-0.1, -0.05) is 0 Å². The first-order valence-electron chi connectivity index (χ1n) is 2.69. The molecule has 1 N–H and O–H groups in total. The van der Waals surface area contributed by atoms with Crippen LogP contribution in [0.25, 0.3) is 5.65 Å². The van der Waals surface area contributed by atoms with E-state index >= 15 is 0 Å². The lowest BCUT2D eigenvalue weighted by Gasteiger charge is -1.78. The molecule has 0 aliphatic heterocycles. The average molecular weight is 135 g/mol. The number of H-pyrrole nitrogens is 1. The molecule has 0 aliphatic carbocycles. The van der Waals surface area contributed by atoms with Crippen LogP contribution < -0.4 is 0 Å².